The number of rotatable bonds is 3. The molecule has 140 valence electrons. The van der Waals surface area contributed by atoms with Gasteiger partial charge in [0, 0.05) is 29.6 Å². The molecule has 1 spiro atoms. The predicted octanol–water partition coefficient (Wildman–Crippen LogP) is 4.84. The zero-order valence-electron chi connectivity index (χ0n) is 14.9. The molecule has 0 aromatic heterocycles. The SMILES string of the molecule is Cc1ccc([N+](=O)[O-])cc1NC(=O)C1CC2CCCC(C1)C21SCCS1. The number of benzene rings is 1. The molecule has 1 aromatic carbocycles. The lowest BCUT2D eigenvalue weighted by Gasteiger charge is -2.52. The summed E-state index contributed by atoms with van der Waals surface area (Å²) in [7, 11) is 0. The molecule has 4 rings (SSSR count). The molecule has 26 heavy (non-hydrogen) atoms. The third-order valence-electron chi connectivity index (χ3n) is 6.18. The molecule has 3 aliphatic rings. The van der Waals surface area contributed by atoms with E-state index in [4.69, 9.17) is 0 Å². The minimum atomic E-state index is -0.418. The molecule has 3 fully saturated rings. The molecule has 7 heteroatoms. The Hall–Kier alpha value is -1.21. The lowest BCUT2D eigenvalue weighted by atomic mass is 9.67. The number of carbonyl (C=O) groups excluding carboxylic acids is 1. The molecule has 1 aliphatic heterocycles. The fraction of sp³-hybridized carbons (Fsp3) is 0.632. The van der Waals surface area contributed by atoms with E-state index in [-0.39, 0.29) is 17.5 Å². The number of nitrogens with one attached hydrogen (secondary N) is 1. The van der Waals surface area contributed by atoms with Gasteiger partial charge in [0.15, 0.2) is 0 Å². The van der Waals surface area contributed by atoms with Crippen LogP contribution in [-0.4, -0.2) is 26.4 Å². The lowest BCUT2D eigenvalue weighted by molar-refractivity contribution is -0.384. The van der Waals surface area contributed by atoms with E-state index in [1.165, 1.54) is 42.9 Å². The highest BCUT2D eigenvalue weighted by atomic mass is 32.2. The van der Waals surface area contributed by atoms with Crippen molar-refractivity contribution in [3.05, 3.63) is 33.9 Å². The molecular formula is C19H24N2O3S2. The number of nitro groups is 1. The van der Waals surface area contributed by atoms with Crippen LogP contribution in [0.3, 0.4) is 0 Å². The maximum Gasteiger partial charge on any atom is 0.271 e. The van der Waals surface area contributed by atoms with E-state index in [1.54, 1.807) is 6.07 Å². The highest BCUT2D eigenvalue weighted by Gasteiger charge is 2.55. The first-order chi connectivity index (χ1) is 12.5. The Morgan fingerprint density at radius 1 is 1.23 bits per heavy atom. The molecule has 2 bridgehead atoms. The van der Waals surface area contributed by atoms with E-state index >= 15 is 0 Å². The van der Waals surface area contributed by atoms with Crippen LogP contribution in [0.4, 0.5) is 11.4 Å². The van der Waals surface area contributed by atoms with Crippen molar-refractivity contribution in [3.63, 3.8) is 0 Å². The first-order valence-corrected chi connectivity index (χ1v) is 11.3. The average molecular weight is 393 g/mol. The molecular weight excluding hydrogens is 368 g/mol. The highest BCUT2D eigenvalue weighted by molar-refractivity contribution is 8.21. The summed E-state index contributed by atoms with van der Waals surface area (Å²) < 4.78 is 0.358. The van der Waals surface area contributed by atoms with Gasteiger partial charge < -0.3 is 5.32 Å². The Morgan fingerprint density at radius 3 is 2.50 bits per heavy atom. The summed E-state index contributed by atoms with van der Waals surface area (Å²) in [6.45, 7) is 1.87. The zero-order valence-corrected chi connectivity index (χ0v) is 16.5. The van der Waals surface area contributed by atoms with Gasteiger partial charge in [0.1, 0.15) is 0 Å². The largest absolute Gasteiger partial charge is 0.325 e. The minimum absolute atomic E-state index is 0.0177. The fourth-order valence-corrected chi connectivity index (χ4v) is 8.85. The van der Waals surface area contributed by atoms with Gasteiger partial charge in [-0.2, -0.15) is 0 Å². The number of aryl methyl sites for hydroxylation is 1. The Kier molecular flexibility index (Phi) is 4.94. The summed E-state index contributed by atoms with van der Waals surface area (Å²) in [5, 5.41) is 14.0. The maximum atomic E-state index is 12.9. The second-order valence-electron chi connectivity index (χ2n) is 7.66. The minimum Gasteiger partial charge on any atom is -0.325 e. The third-order valence-corrected chi connectivity index (χ3v) is 10.2. The van der Waals surface area contributed by atoms with Gasteiger partial charge in [-0.25, -0.2) is 0 Å². The van der Waals surface area contributed by atoms with Gasteiger partial charge >= 0.3 is 0 Å². The van der Waals surface area contributed by atoms with Crippen molar-refractivity contribution < 1.29 is 9.72 Å². The van der Waals surface area contributed by atoms with Crippen molar-refractivity contribution in [3.8, 4) is 0 Å². The molecule has 2 unspecified atom stereocenters. The van der Waals surface area contributed by atoms with Gasteiger partial charge in [0.2, 0.25) is 5.91 Å². The van der Waals surface area contributed by atoms with Crippen LogP contribution in [0.2, 0.25) is 0 Å². The summed E-state index contributed by atoms with van der Waals surface area (Å²) in [6, 6.07) is 4.65. The number of anilines is 1. The van der Waals surface area contributed by atoms with Crippen LogP contribution in [0.25, 0.3) is 0 Å². The Bertz CT molecular complexity index is 717. The average Bonchev–Trinajstić information content (AvgIpc) is 3.06. The second-order valence-corrected chi connectivity index (χ2v) is 10.7. The van der Waals surface area contributed by atoms with E-state index in [0.29, 0.717) is 21.6 Å². The maximum absolute atomic E-state index is 12.9. The smallest absolute Gasteiger partial charge is 0.271 e. The van der Waals surface area contributed by atoms with Crippen molar-refractivity contribution >= 4 is 40.8 Å². The number of thioether (sulfide) groups is 2. The first-order valence-electron chi connectivity index (χ1n) is 9.33. The van der Waals surface area contributed by atoms with Gasteiger partial charge in [0.25, 0.3) is 5.69 Å². The van der Waals surface area contributed by atoms with Crippen LogP contribution >= 0.6 is 23.5 Å². The summed E-state index contributed by atoms with van der Waals surface area (Å²) in [5.74, 6) is 3.77. The number of hydrogen-bond donors (Lipinski definition) is 1. The van der Waals surface area contributed by atoms with Gasteiger partial charge in [-0.15, -0.1) is 23.5 Å². The van der Waals surface area contributed by atoms with Crippen molar-refractivity contribution in [1.82, 2.24) is 0 Å². The summed E-state index contributed by atoms with van der Waals surface area (Å²) >= 11 is 4.28. The molecule has 5 nitrogen and oxygen atoms in total. The second kappa shape index (κ2) is 7.08. The topological polar surface area (TPSA) is 72.2 Å². The van der Waals surface area contributed by atoms with Crippen LogP contribution in [0.1, 0.15) is 37.7 Å². The number of nitrogens with zero attached hydrogens (tertiary/aromatic N) is 1. The van der Waals surface area contributed by atoms with E-state index < -0.39 is 4.92 Å². The van der Waals surface area contributed by atoms with Crippen LogP contribution < -0.4 is 5.32 Å². The van der Waals surface area contributed by atoms with Crippen LogP contribution in [0, 0.1) is 34.8 Å². The third kappa shape index (κ3) is 3.13. The van der Waals surface area contributed by atoms with Crippen molar-refractivity contribution in [2.45, 2.75) is 43.1 Å². The predicted molar refractivity (Wildman–Crippen MR) is 108 cm³/mol. The van der Waals surface area contributed by atoms with Gasteiger partial charge in [-0.3, -0.25) is 14.9 Å². The summed E-state index contributed by atoms with van der Waals surface area (Å²) in [4.78, 5) is 23.5. The fourth-order valence-electron chi connectivity index (χ4n) is 4.92. The normalized spacial score (nSPS) is 29.5. The van der Waals surface area contributed by atoms with Gasteiger partial charge in [0.05, 0.1) is 14.7 Å². The highest BCUT2D eigenvalue weighted by Crippen LogP contribution is 2.64. The van der Waals surface area contributed by atoms with Crippen LogP contribution in [0.15, 0.2) is 18.2 Å². The van der Waals surface area contributed by atoms with E-state index in [0.717, 1.165) is 18.4 Å². The van der Waals surface area contributed by atoms with E-state index in [9.17, 15) is 14.9 Å². The van der Waals surface area contributed by atoms with Crippen LogP contribution in [0.5, 0.6) is 0 Å². The quantitative estimate of drug-likeness (QED) is 0.588. The zero-order chi connectivity index (χ0) is 18.3. The number of hydrogen-bond acceptors (Lipinski definition) is 5. The number of non-ortho nitro benzene ring substituents is 1. The molecule has 0 radical (unpaired) electrons. The Morgan fingerprint density at radius 2 is 1.88 bits per heavy atom. The molecule has 1 amide bonds. The molecule has 2 atom stereocenters. The lowest BCUT2D eigenvalue weighted by Crippen LogP contribution is -2.48. The standard InChI is InChI=1S/C19H24N2O3S2/c1-12-5-6-16(21(23)24)11-17(12)20-18(22)13-9-14-3-2-4-15(10-13)19(14)25-7-8-26-19/h5-6,11,13-15H,2-4,7-10H2,1H3,(H,20,22). The Labute approximate surface area is 162 Å². The molecule has 2 saturated carbocycles. The van der Waals surface area contributed by atoms with Crippen molar-refractivity contribution in [2.24, 2.45) is 17.8 Å². The molecule has 1 N–H and O–H groups in total. The number of nitro benzene ring substituents is 1. The summed E-state index contributed by atoms with van der Waals surface area (Å²) in [5.41, 5.74) is 1.45. The monoisotopic (exact) mass is 392 g/mol. The number of carbonyl (C=O) groups is 1. The first kappa shape index (κ1) is 18.2. The van der Waals surface area contributed by atoms with Gasteiger partial charge in [-0.05, 0) is 50.0 Å². The molecule has 1 saturated heterocycles. The Balaban J connectivity index is 1.50. The number of amides is 1. The molecule has 2 aliphatic carbocycles. The molecule has 1 heterocycles. The van der Waals surface area contributed by atoms with Crippen LogP contribution in [-0.2, 0) is 4.79 Å². The van der Waals surface area contributed by atoms with Crippen molar-refractivity contribution in [1.29, 1.82) is 0 Å². The van der Waals surface area contributed by atoms with E-state index in [1.807, 2.05) is 6.92 Å². The van der Waals surface area contributed by atoms with E-state index in [2.05, 4.69) is 28.8 Å². The van der Waals surface area contributed by atoms with Crippen molar-refractivity contribution in [2.75, 3.05) is 16.8 Å². The van der Waals surface area contributed by atoms with Gasteiger partial charge in [-0.1, -0.05) is 12.5 Å². The molecule has 1 aromatic rings. The summed E-state index contributed by atoms with van der Waals surface area (Å²) in [6.07, 6.45) is 5.66.